The number of halogens is 1. The minimum atomic E-state index is -0.305. The molecule has 0 aliphatic rings. The third-order valence-electron chi connectivity index (χ3n) is 2.43. The fourth-order valence-corrected chi connectivity index (χ4v) is 1.61. The van der Waals surface area contributed by atoms with Gasteiger partial charge < -0.3 is 15.8 Å². The SMILES string of the molecule is CCNc1cc(Oc2ccc(F)cc2C)nc(N)n1. The molecule has 5 nitrogen and oxygen atoms in total. The first-order valence-corrected chi connectivity index (χ1v) is 5.91. The number of aryl methyl sites for hydroxylation is 1. The normalized spacial score (nSPS) is 10.3. The number of nitrogen functional groups attached to an aromatic ring is 1. The highest BCUT2D eigenvalue weighted by Gasteiger charge is 2.07. The molecule has 3 N–H and O–H groups in total. The molecule has 2 aromatic rings. The lowest BCUT2D eigenvalue weighted by Crippen LogP contribution is -2.04. The third-order valence-corrected chi connectivity index (χ3v) is 2.43. The van der Waals surface area contributed by atoms with Crippen molar-refractivity contribution >= 4 is 11.8 Å². The van der Waals surface area contributed by atoms with Crippen molar-refractivity contribution in [3.63, 3.8) is 0 Å². The van der Waals surface area contributed by atoms with Crippen molar-refractivity contribution in [1.82, 2.24) is 9.97 Å². The zero-order chi connectivity index (χ0) is 13.8. The van der Waals surface area contributed by atoms with Gasteiger partial charge in [0.05, 0.1) is 0 Å². The highest BCUT2D eigenvalue weighted by Crippen LogP contribution is 2.25. The van der Waals surface area contributed by atoms with Crippen LogP contribution in [0.4, 0.5) is 16.2 Å². The molecule has 1 heterocycles. The number of benzene rings is 1. The molecule has 1 aromatic heterocycles. The molecule has 0 radical (unpaired) electrons. The van der Waals surface area contributed by atoms with Crippen LogP contribution in [0.15, 0.2) is 24.3 Å². The molecule has 19 heavy (non-hydrogen) atoms. The van der Waals surface area contributed by atoms with Crippen molar-refractivity contribution in [2.24, 2.45) is 0 Å². The van der Waals surface area contributed by atoms with Crippen LogP contribution in [0.2, 0.25) is 0 Å². The Morgan fingerprint density at radius 3 is 2.79 bits per heavy atom. The summed E-state index contributed by atoms with van der Waals surface area (Å²) in [5, 5.41) is 3.03. The van der Waals surface area contributed by atoms with Crippen molar-refractivity contribution < 1.29 is 9.13 Å². The van der Waals surface area contributed by atoms with Crippen LogP contribution in [-0.4, -0.2) is 16.5 Å². The second-order valence-corrected chi connectivity index (χ2v) is 3.99. The van der Waals surface area contributed by atoms with E-state index in [9.17, 15) is 4.39 Å². The van der Waals surface area contributed by atoms with Gasteiger partial charge in [-0.3, -0.25) is 0 Å². The Labute approximate surface area is 110 Å². The molecule has 100 valence electrons. The Hall–Kier alpha value is -2.37. The number of nitrogens with two attached hydrogens (primary N) is 1. The summed E-state index contributed by atoms with van der Waals surface area (Å²) in [5.41, 5.74) is 6.29. The Morgan fingerprint density at radius 2 is 2.11 bits per heavy atom. The number of nitrogens with zero attached hydrogens (tertiary/aromatic N) is 2. The van der Waals surface area contributed by atoms with Gasteiger partial charge in [-0.25, -0.2) is 4.39 Å². The maximum Gasteiger partial charge on any atom is 0.226 e. The molecule has 0 saturated heterocycles. The summed E-state index contributed by atoms with van der Waals surface area (Å²) >= 11 is 0. The van der Waals surface area contributed by atoms with Crippen molar-refractivity contribution in [1.29, 1.82) is 0 Å². The van der Waals surface area contributed by atoms with Crippen LogP contribution in [0.1, 0.15) is 12.5 Å². The number of aromatic nitrogens is 2. The van der Waals surface area contributed by atoms with Gasteiger partial charge in [0.25, 0.3) is 0 Å². The van der Waals surface area contributed by atoms with Gasteiger partial charge in [0.2, 0.25) is 11.8 Å². The van der Waals surface area contributed by atoms with Crippen LogP contribution in [0.25, 0.3) is 0 Å². The number of rotatable bonds is 4. The van der Waals surface area contributed by atoms with E-state index >= 15 is 0 Å². The van der Waals surface area contributed by atoms with Crippen LogP contribution in [0.5, 0.6) is 11.6 Å². The first-order valence-electron chi connectivity index (χ1n) is 5.91. The minimum absolute atomic E-state index is 0.119. The van der Waals surface area contributed by atoms with Gasteiger partial charge in [0.15, 0.2) is 0 Å². The van der Waals surface area contributed by atoms with E-state index in [1.165, 1.54) is 12.1 Å². The van der Waals surface area contributed by atoms with E-state index in [0.717, 1.165) is 0 Å². The van der Waals surface area contributed by atoms with E-state index in [4.69, 9.17) is 10.5 Å². The summed E-state index contributed by atoms with van der Waals surface area (Å²) in [5.74, 6) is 1.25. The predicted octanol–water partition coefficient (Wildman–Crippen LogP) is 2.73. The quantitative estimate of drug-likeness (QED) is 0.886. The average molecular weight is 262 g/mol. The number of ether oxygens (including phenoxy) is 1. The summed E-state index contributed by atoms with van der Waals surface area (Å²) in [4.78, 5) is 8.00. The highest BCUT2D eigenvalue weighted by molar-refractivity contribution is 5.44. The van der Waals surface area contributed by atoms with Crippen LogP contribution in [0, 0.1) is 12.7 Å². The maximum absolute atomic E-state index is 13.0. The minimum Gasteiger partial charge on any atom is -0.438 e. The van der Waals surface area contributed by atoms with E-state index in [-0.39, 0.29) is 11.8 Å². The zero-order valence-electron chi connectivity index (χ0n) is 10.8. The fraction of sp³-hybridized carbons (Fsp3) is 0.231. The molecule has 0 aliphatic heterocycles. The standard InChI is InChI=1S/C13H15FN4O/c1-3-16-11-7-12(18-13(15)17-11)19-10-5-4-9(14)6-8(10)2/h4-7H,3H2,1-2H3,(H3,15,16,17,18). The summed E-state index contributed by atoms with van der Waals surface area (Å²) in [6, 6.07) is 5.92. The number of nitrogens with one attached hydrogen (secondary N) is 1. The number of anilines is 2. The second-order valence-electron chi connectivity index (χ2n) is 3.99. The van der Waals surface area contributed by atoms with Gasteiger partial charge in [-0.05, 0) is 37.6 Å². The van der Waals surface area contributed by atoms with Gasteiger partial charge in [-0.15, -0.1) is 0 Å². The first-order chi connectivity index (χ1) is 9.08. The zero-order valence-corrected chi connectivity index (χ0v) is 10.8. The van der Waals surface area contributed by atoms with E-state index in [1.54, 1.807) is 19.1 Å². The van der Waals surface area contributed by atoms with E-state index in [2.05, 4.69) is 15.3 Å². The van der Waals surface area contributed by atoms with Gasteiger partial charge >= 0.3 is 0 Å². The van der Waals surface area contributed by atoms with Gasteiger partial charge in [-0.1, -0.05) is 0 Å². The van der Waals surface area contributed by atoms with Crippen LogP contribution < -0.4 is 15.8 Å². The molecule has 0 amide bonds. The second kappa shape index (κ2) is 5.51. The van der Waals surface area contributed by atoms with Crippen LogP contribution >= 0.6 is 0 Å². The summed E-state index contributed by atoms with van der Waals surface area (Å²) < 4.78 is 18.6. The Bertz CT molecular complexity index is 589. The van der Waals surface area contributed by atoms with Gasteiger partial charge in [0, 0.05) is 12.6 Å². The molecule has 0 spiro atoms. The lowest BCUT2D eigenvalue weighted by atomic mass is 10.2. The van der Waals surface area contributed by atoms with Crippen LogP contribution in [-0.2, 0) is 0 Å². The van der Waals surface area contributed by atoms with Crippen molar-refractivity contribution in [2.75, 3.05) is 17.6 Å². The molecule has 0 fully saturated rings. The number of hydrogen-bond donors (Lipinski definition) is 2. The molecule has 0 saturated carbocycles. The molecule has 0 bridgehead atoms. The summed E-state index contributed by atoms with van der Waals surface area (Å²) in [6.45, 7) is 4.42. The molecule has 2 rings (SSSR count). The molecule has 1 aromatic carbocycles. The van der Waals surface area contributed by atoms with Crippen molar-refractivity contribution in [3.05, 3.63) is 35.6 Å². The monoisotopic (exact) mass is 262 g/mol. The van der Waals surface area contributed by atoms with Gasteiger partial charge in [0.1, 0.15) is 17.4 Å². The molecule has 0 aliphatic carbocycles. The lowest BCUT2D eigenvalue weighted by molar-refractivity contribution is 0.457. The average Bonchev–Trinajstić information content (AvgIpc) is 2.32. The number of hydrogen-bond acceptors (Lipinski definition) is 5. The summed E-state index contributed by atoms with van der Waals surface area (Å²) in [6.07, 6.45) is 0. The molecular weight excluding hydrogens is 247 g/mol. The molecule has 0 unspecified atom stereocenters. The summed E-state index contributed by atoms with van der Waals surface area (Å²) in [7, 11) is 0. The molecule has 6 heteroatoms. The Morgan fingerprint density at radius 1 is 1.32 bits per heavy atom. The molecule has 0 atom stereocenters. The highest BCUT2D eigenvalue weighted by atomic mass is 19.1. The first kappa shape index (κ1) is 13.1. The maximum atomic E-state index is 13.0. The van der Waals surface area contributed by atoms with Crippen molar-refractivity contribution in [3.8, 4) is 11.6 Å². The smallest absolute Gasteiger partial charge is 0.226 e. The predicted molar refractivity (Wildman–Crippen MR) is 71.8 cm³/mol. The van der Waals surface area contributed by atoms with Crippen LogP contribution in [0.3, 0.4) is 0 Å². The topological polar surface area (TPSA) is 73.1 Å². The Balaban J connectivity index is 2.27. The van der Waals surface area contributed by atoms with E-state index in [0.29, 0.717) is 29.6 Å². The van der Waals surface area contributed by atoms with E-state index in [1.807, 2.05) is 6.92 Å². The van der Waals surface area contributed by atoms with Gasteiger partial charge in [-0.2, -0.15) is 9.97 Å². The fourth-order valence-electron chi connectivity index (χ4n) is 1.61. The molecular formula is C13H15FN4O. The van der Waals surface area contributed by atoms with E-state index < -0.39 is 0 Å². The largest absolute Gasteiger partial charge is 0.438 e. The third kappa shape index (κ3) is 3.31. The Kier molecular flexibility index (Phi) is 3.79. The van der Waals surface area contributed by atoms with Crippen molar-refractivity contribution in [2.45, 2.75) is 13.8 Å². The lowest BCUT2D eigenvalue weighted by Gasteiger charge is -2.10.